The quantitative estimate of drug-likeness (QED) is 0.707. The molecule has 0 radical (unpaired) electrons. The van der Waals surface area contributed by atoms with E-state index in [4.69, 9.17) is 5.11 Å². The molecule has 0 aromatic heterocycles. The SMILES string of the molecule is Cc1cc(Br)c(S(=O)(=O)N[C@@H](CC(C)C)C(=O)O)cc1Br. The highest BCUT2D eigenvalue weighted by molar-refractivity contribution is 9.11. The van der Waals surface area contributed by atoms with Crippen molar-refractivity contribution in [2.24, 2.45) is 5.92 Å². The minimum Gasteiger partial charge on any atom is -0.480 e. The largest absolute Gasteiger partial charge is 0.480 e. The molecule has 1 aromatic carbocycles. The molecular weight excluding hydrogens is 426 g/mol. The summed E-state index contributed by atoms with van der Waals surface area (Å²) in [6, 6.07) is 1.97. The van der Waals surface area contributed by atoms with E-state index in [0.717, 1.165) is 5.56 Å². The Morgan fingerprint density at radius 1 is 1.29 bits per heavy atom. The van der Waals surface area contributed by atoms with Crippen molar-refractivity contribution in [3.8, 4) is 0 Å². The monoisotopic (exact) mass is 441 g/mol. The Bertz CT molecular complexity index is 644. The summed E-state index contributed by atoms with van der Waals surface area (Å²) in [5, 5.41) is 9.15. The van der Waals surface area contributed by atoms with E-state index in [9.17, 15) is 13.2 Å². The molecule has 0 saturated heterocycles. The lowest BCUT2D eigenvalue weighted by Crippen LogP contribution is -2.41. The van der Waals surface area contributed by atoms with Crippen molar-refractivity contribution in [1.82, 2.24) is 4.72 Å². The van der Waals surface area contributed by atoms with E-state index in [1.165, 1.54) is 6.07 Å². The lowest BCUT2D eigenvalue weighted by Gasteiger charge is -2.17. The van der Waals surface area contributed by atoms with Crippen molar-refractivity contribution in [1.29, 1.82) is 0 Å². The normalized spacial score (nSPS) is 13.4. The number of hydrogen-bond acceptors (Lipinski definition) is 3. The van der Waals surface area contributed by atoms with Gasteiger partial charge in [-0.3, -0.25) is 4.79 Å². The summed E-state index contributed by atoms with van der Waals surface area (Å²) < 4.78 is 28.1. The van der Waals surface area contributed by atoms with Gasteiger partial charge in [-0.25, -0.2) is 8.42 Å². The topological polar surface area (TPSA) is 83.5 Å². The maximum absolute atomic E-state index is 12.4. The van der Waals surface area contributed by atoms with Gasteiger partial charge in [0, 0.05) is 8.95 Å². The van der Waals surface area contributed by atoms with Gasteiger partial charge in [-0.05, 0) is 52.9 Å². The van der Waals surface area contributed by atoms with Gasteiger partial charge >= 0.3 is 5.97 Å². The first-order chi connectivity index (χ1) is 9.54. The number of carbonyl (C=O) groups is 1. The Labute approximate surface area is 141 Å². The van der Waals surface area contributed by atoms with E-state index in [0.29, 0.717) is 8.95 Å². The molecule has 118 valence electrons. The van der Waals surface area contributed by atoms with Gasteiger partial charge in [-0.15, -0.1) is 0 Å². The number of carboxylic acids is 1. The number of nitrogens with one attached hydrogen (secondary N) is 1. The zero-order valence-electron chi connectivity index (χ0n) is 11.9. The Hall–Kier alpha value is -0.440. The van der Waals surface area contributed by atoms with Gasteiger partial charge in [0.2, 0.25) is 10.0 Å². The first kappa shape index (κ1) is 18.6. The van der Waals surface area contributed by atoms with Crippen LogP contribution in [0.5, 0.6) is 0 Å². The van der Waals surface area contributed by atoms with Gasteiger partial charge in [-0.1, -0.05) is 29.8 Å². The molecule has 0 saturated carbocycles. The van der Waals surface area contributed by atoms with E-state index in [1.807, 2.05) is 20.8 Å². The van der Waals surface area contributed by atoms with Crippen molar-refractivity contribution < 1.29 is 18.3 Å². The molecule has 0 aliphatic heterocycles. The fraction of sp³-hybridized carbons (Fsp3) is 0.462. The average molecular weight is 443 g/mol. The second kappa shape index (κ2) is 7.21. The van der Waals surface area contributed by atoms with E-state index in [-0.39, 0.29) is 17.2 Å². The summed E-state index contributed by atoms with van der Waals surface area (Å²) in [6.07, 6.45) is 0.221. The van der Waals surface area contributed by atoms with Crippen molar-refractivity contribution in [3.05, 3.63) is 26.6 Å². The maximum Gasteiger partial charge on any atom is 0.321 e. The van der Waals surface area contributed by atoms with Crippen molar-refractivity contribution >= 4 is 47.9 Å². The van der Waals surface area contributed by atoms with E-state index >= 15 is 0 Å². The smallest absolute Gasteiger partial charge is 0.321 e. The molecule has 0 aliphatic rings. The molecule has 8 heteroatoms. The Morgan fingerprint density at radius 3 is 2.33 bits per heavy atom. The molecule has 0 bridgehead atoms. The summed E-state index contributed by atoms with van der Waals surface area (Å²) in [7, 11) is -3.93. The molecule has 0 aliphatic carbocycles. The Morgan fingerprint density at radius 2 is 1.86 bits per heavy atom. The number of benzene rings is 1. The van der Waals surface area contributed by atoms with Crippen LogP contribution in [-0.4, -0.2) is 25.5 Å². The van der Waals surface area contributed by atoms with Gasteiger partial charge in [0.05, 0.1) is 4.90 Å². The molecule has 5 nitrogen and oxygen atoms in total. The van der Waals surface area contributed by atoms with E-state index in [2.05, 4.69) is 36.6 Å². The molecular formula is C13H17Br2NO4S. The van der Waals surface area contributed by atoms with Crippen molar-refractivity contribution in [2.75, 3.05) is 0 Å². The third-order valence-electron chi connectivity index (χ3n) is 2.81. The number of aryl methyl sites for hydroxylation is 1. The van der Waals surface area contributed by atoms with Gasteiger partial charge in [0.25, 0.3) is 0 Å². The van der Waals surface area contributed by atoms with Crippen LogP contribution < -0.4 is 4.72 Å². The summed E-state index contributed by atoms with van der Waals surface area (Å²) >= 11 is 6.49. The van der Waals surface area contributed by atoms with Crippen LogP contribution in [0.3, 0.4) is 0 Å². The maximum atomic E-state index is 12.4. The summed E-state index contributed by atoms with van der Waals surface area (Å²) in [5.41, 5.74) is 0.873. The number of hydrogen-bond donors (Lipinski definition) is 2. The second-order valence-electron chi connectivity index (χ2n) is 5.17. The molecule has 1 aromatic rings. The molecule has 21 heavy (non-hydrogen) atoms. The minimum absolute atomic E-state index is 0.00924. The Balaban J connectivity index is 3.16. The van der Waals surface area contributed by atoms with E-state index < -0.39 is 22.0 Å². The zero-order valence-corrected chi connectivity index (χ0v) is 15.8. The number of carboxylic acid groups (broad SMARTS) is 1. The van der Waals surface area contributed by atoms with Crippen LogP contribution in [0, 0.1) is 12.8 Å². The predicted octanol–water partition coefficient (Wildman–Crippen LogP) is 3.30. The molecule has 0 amide bonds. The molecule has 2 N–H and O–H groups in total. The number of rotatable bonds is 6. The molecule has 0 heterocycles. The number of halogens is 2. The predicted molar refractivity (Wildman–Crippen MR) is 87.8 cm³/mol. The highest BCUT2D eigenvalue weighted by Gasteiger charge is 2.27. The molecule has 1 rings (SSSR count). The highest BCUT2D eigenvalue weighted by atomic mass is 79.9. The summed E-state index contributed by atoms with van der Waals surface area (Å²) in [4.78, 5) is 11.2. The lowest BCUT2D eigenvalue weighted by molar-refractivity contribution is -0.139. The van der Waals surface area contributed by atoms with Gasteiger partial charge in [0.15, 0.2) is 0 Å². The Kier molecular flexibility index (Phi) is 6.39. The standard InChI is InChI=1S/C13H17Br2NO4S/c1-7(2)4-11(13(17)18)16-21(19,20)12-6-9(14)8(3)5-10(12)15/h5-7,11,16H,4H2,1-3H3,(H,17,18)/t11-/m0/s1. The van der Waals surface area contributed by atoms with Crippen LogP contribution in [0.4, 0.5) is 0 Å². The van der Waals surface area contributed by atoms with Gasteiger partial charge in [0.1, 0.15) is 6.04 Å². The van der Waals surface area contributed by atoms with Crippen LogP contribution in [0.1, 0.15) is 25.8 Å². The van der Waals surface area contributed by atoms with Crippen LogP contribution in [0.2, 0.25) is 0 Å². The van der Waals surface area contributed by atoms with Crippen LogP contribution in [0.25, 0.3) is 0 Å². The number of sulfonamides is 1. The summed E-state index contributed by atoms with van der Waals surface area (Å²) in [5.74, 6) is -1.13. The number of aliphatic carboxylic acids is 1. The molecule has 0 spiro atoms. The second-order valence-corrected chi connectivity index (χ2v) is 8.56. The first-order valence-corrected chi connectivity index (χ1v) is 9.32. The average Bonchev–Trinajstić information content (AvgIpc) is 2.31. The zero-order chi connectivity index (χ0) is 16.4. The fourth-order valence-electron chi connectivity index (χ4n) is 1.76. The molecule has 0 fully saturated rings. The third kappa shape index (κ3) is 5.05. The third-order valence-corrected chi connectivity index (χ3v) is 6.09. The van der Waals surface area contributed by atoms with Crippen LogP contribution in [-0.2, 0) is 14.8 Å². The van der Waals surface area contributed by atoms with Gasteiger partial charge < -0.3 is 5.11 Å². The van der Waals surface area contributed by atoms with E-state index in [1.54, 1.807) is 6.07 Å². The van der Waals surface area contributed by atoms with Gasteiger partial charge in [-0.2, -0.15) is 4.72 Å². The van der Waals surface area contributed by atoms with Crippen molar-refractivity contribution in [3.63, 3.8) is 0 Å². The fourth-order valence-corrected chi connectivity index (χ4v) is 4.63. The molecule has 1 atom stereocenters. The minimum atomic E-state index is -3.93. The highest BCUT2D eigenvalue weighted by Crippen LogP contribution is 2.29. The molecule has 0 unspecified atom stereocenters. The summed E-state index contributed by atoms with van der Waals surface area (Å²) in [6.45, 7) is 5.50. The van der Waals surface area contributed by atoms with Crippen molar-refractivity contribution in [2.45, 2.75) is 38.1 Å². The van der Waals surface area contributed by atoms with Crippen LogP contribution >= 0.6 is 31.9 Å². The lowest BCUT2D eigenvalue weighted by atomic mass is 10.1. The first-order valence-electron chi connectivity index (χ1n) is 6.25. The van der Waals surface area contributed by atoms with Crippen LogP contribution in [0.15, 0.2) is 26.0 Å².